The molecule has 0 aliphatic carbocycles. The molecule has 0 saturated carbocycles. The molecule has 2 heterocycles. The summed E-state index contributed by atoms with van der Waals surface area (Å²) in [7, 11) is -3.35. The molecule has 1 aliphatic heterocycles. The molecule has 3 aromatic rings. The fourth-order valence-electron chi connectivity index (χ4n) is 3.75. The van der Waals surface area contributed by atoms with Gasteiger partial charge in [-0.25, -0.2) is 17.2 Å². The first-order valence-electron chi connectivity index (χ1n) is 9.31. The highest BCUT2D eigenvalue weighted by atomic mass is 32.2. The molecule has 0 spiro atoms. The van der Waals surface area contributed by atoms with Crippen LogP contribution in [0.25, 0.3) is 11.3 Å². The smallest absolute Gasteiger partial charge is 0.211 e. The number of fused-ring (bicyclic) bond motifs is 1. The van der Waals surface area contributed by atoms with Crippen molar-refractivity contribution in [2.45, 2.75) is 25.9 Å². The van der Waals surface area contributed by atoms with Crippen molar-refractivity contribution in [2.75, 3.05) is 12.8 Å². The first-order chi connectivity index (χ1) is 13.7. The molecule has 0 bridgehead atoms. The van der Waals surface area contributed by atoms with Crippen LogP contribution in [-0.2, 0) is 23.0 Å². The van der Waals surface area contributed by atoms with Crippen LogP contribution in [0.4, 0.5) is 8.78 Å². The van der Waals surface area contributed by atoms with Gasteiger partial charge in [-0.2, -0.15) is 9.40 Å². The molecule has 4 rings (SSSR count). The molecule has 29 heavy (non-hydrogen) atoms. The van der Waals surface area contributed by atoms with E-state index in [1.807, 2.05) is 11.6 Å². The van der Waals surface area contributed by atoms with Gasteiger partial charge >= 0.3 is 0 Å². The second-order valence-corrected chi connectivity index (χ2v) is 9.28. The minimum Gasteiger partial charge on any atom is -0.261 e. The summed E-state index contributed by atoms with van der Waals surface area (Å²) < 4.78 is 54.2. The maximum Gasteiger partial charge on any atom is 0.211 e. The number of sulfonamides is 1. The highest BCUT2D eigenvalue weighted by Gasteiger charge is 2.31. The second-order valence-electron chi connectivity index (χ2n) is 7.30. The average molecular weight is 417 g/mol. The zero-order valence-electron chi connectivity index (χ0n) is 16.1. The van der Waals surface area contributed by atoms with Crippen molar-refractivity contribution in [3.05, 3.63) is 77.0 Å². The zero-order chi connectivity index (χ0) is 20.8. The van der Waals surface area contributed by atoms with E-state index in [-0.39, 0.29) is 24.2 Å². The average Bonchev–Trinajstić information content (AvgIpc) is 3.07. The Bertz CT molecular complexity index is 1140. The topological polar surface area (TPSA) is 55.2 Å². The summed E-state index contributed by atoms with van der Waals surface area (Å²) >= 11 is 0. The number of benzene rings is 2. The zero-order valence-corrected chi connectivity index (χ0v) is 17.0. The normalized spacial score (nSPS) is 15.9. The summed E-state index contributed by atoms with van der Waals surface area (Å²) in [4.78, 5) is 0. The minimum absolute atomic E-state index is 0.164. The Kier molecular flexibility index (Phi) is 5.00. The molecule has 5 nitrogen and oxygen atoms in total. The number of hydrogen-bond acceptors (Lipinski definition) is 3. The standard InChI is InChI=1S/C21H21F2N3O2S/c1-14(15-3-7-17(22)8-4-15)26-20-11-12-25(29(2,27)28)13-19(20)21(24-26)16-5-9-18(23)10-6-16/h3-10,14H,11-13H2,1-2H3. The SMILES string of the molecule is CC(c1ccc(F)cc1)n1nc(-c2ccc(F)cc2)c2c1CCN(S(C)(=O)=O)C2. The molecular formula is C21H21F2N3O2S. The van der Waals surface area contributed by atoms with Gasteiger partial charge in [-0.1, -0.05) is 12.1 Å². The lowest BCUT2D eigenvalue weighted by molar-refractivity contribution is 0.384. The molecule has 1 unspecified atom stereocenters. The van der Waals surface area contributed by atoms with Crippen molar-refractivity contribution >= 4 is 10.0 Å². The van der Waals surface area contributed by atoms with Crippen LogP contribution in [0.1, 0.15) is 29.8 Å². The summed E-state index contributed by atoms with van der Waals surface area (Å²) in [6.07, 6.45) is 1.71. The monoisotopic (exact) mass is 417 g/mol. The number of aromatic nitrogens is 2. The van der Waals surface area contributed by atoms with E-state index in [2.05, 4.69) is 0 Å². The lowest BCUT2D eigenvalue weighted by Crippen LogP contribution is -2.35. The van der Waals surface area contributed by atoms with Gasteiger partial charge in [-0.05, 0) is 48.9 Å². The van der Waals surface area contributed by atoms with E-state index in [4.69, 9.17) is 5.10 Å². The Morgan fingerprint density at radius 3 is 2.17 bits per heavy atom. The van der Waals surface area contributed by atoms with Crippen LogP contribution >= 0.6 is 0 Å². The number of nitrogens with zero attached hydrogens (tertiary/aromatic N) is 3. The van der Waals surface area contributed by atoms with Gasteiger partial charge in [0.05, 0.1) is 18.0 Å². The third-order valence-electron chi connectivity index (χ3n) is 5.36. The van der Waals surface area contributed by atoms with Gasteiger partial charge < -0.3 is 0 Å². The summed E-state index contributed by atoms with van der Waals surface area (Å²) in [5.74, 6) is -0.654. The van der Waals surface area contributed by atoms with Crippen molar-refractivity contribution in [3.8, 4) is 11.3 Å². The van der Waals surface area contributed by atoms with Crippen molar-refractivity contribution in [1.29, 1.82) is 0 Å². The Labute approximate surface area is 168 Å². The van der Waals surface area contributed by atoms with Crippen LogP contribution in [0.2, 0.25) is 0 Å². The Morgan fingerprint density at radius 2 is 1.59 bits per heavy atom. The molecule has 152 valence electrons. The van der Waals surface area contributed by atoms with E-state index in [9.17, 15) is 17.2 Å². The van der Waals surface area contributed by atoms with Crippen LogP contribution in [0, 0.1) is 11.6 Å². The first-order valence-corrected chi connectivity index (χ1v) is 11.2. The van der Waals surface area contributed by atoms with Gasteiger partial charge in [0.1, 0.15) is 11.6 Å². The minimum atomic E-state index is -3.35. The third-order valence-corrected chi connectivity index (χ3v) is 6.61. The first kappa shape index (κ1) is 19.7. The highest BCUT2D eigenvalue weighted by Crippen LogP contribution is 2.34. The molecule has 0 amide bonds. The second kappa shape index (κ2) is 7.35. The van der Waals surface area contributed by atoms with Crippen LogP contribution in [-0.4, -0.2) is 35.3 Å². The molecule has 8 heteroatoms. The van der Waals surface area contributed by atoms with Gasteiger partial charge in [-0.15, -0.1) is 0 Å². The summed E-state index contributed by atoms with van der Waals surface area (Å²) in [5.41, 5.74) is 4.03. The van der Waals surface area contributed by atoms with Crippen molar-refractivity contribution in [1.82, 2.24) is 14.1 Å². The van der Waals surface area contributed by atoms with Gasteiger partial charge in [0.2, 0.25) is 10.0 Å². The fraction of sp³-hybridized carbons (Fsp3) is 0.286. The maximum atomic E-state index is 13.4. The summed E-state index contributed by atoms with van der Waals surface area (Å²) in [6.45, 7) is 2.56. The van der Waals surface area contributed by atoms with Crippen LogP contribution < -0.4 is 0 Å². The fourth-order valence-corrected chi connectivity index (χ4v) is 4.53. The molecule has 2 aromatic carbocycles. The Balaban J connectivity index is 1.83. The number of halogens is 2. The van der Waals surface area contributed by atoms with Crippen LogP contribution in [0.15, 0.2) is 48.5 Å². The van der Waals surface area contributed by atoms with E-state index in [0.717, 1.165) is 22.4 Å². The van der Waals surface area contributed by atoms with Crippen LogP contribution in [0.3, 0.4) is 0 Å². The van der Waals surface area contributed by atoms with E-state index < -0.39 is 10.0 Å². The predicted octanol–water partition coefficient (Wildman–Crippen LogP) is 3.76. The van der Waals surface area contributed by atoms with Crippen LogP contribution in [0.5, 0.6) is 0 Å². The quantitative estimate of drug-likeness (QED) is 0.650. The largest absolute Gasteiger partial charge is 0.261 e. The maximum absolute atomic E-state index is 13.4. The molecule has 0 N–H and O–H groups in total. The predicted molar refractivity (Wildman–Crippen MR) is 107 cm³/mol. The molecular weight excluding hydrogens is 396 g/mol. The van der Waals surface area contributed by atoms with Crippen molar-refractivity contribution in [2.24, 2.45) is 0 Å². The highest BCUT2D eigenvalue weighted by molar-refractivity contribution is 7.88. The summed E-state index contributed by atoms with van der Waals surface area (Å²) in [6, 6.07) is 12.1. The molecule has 0 saturated heterocycles. The summed E-state index contributed by atoms with van der Waals surface area (Å²) in [5, 5.41) is 4.79. The van der Waals surface area contributed by atoms with Gasteiger partial charge in [0, 0.05) is 36.3 Å². The van der Waals surface area contributed by atoms with Gasteiger partial charge in [0.15, 0.2) is 0 Å². The molecule has 1 aromatic heterocycles. The Hall–Kier alpha value is -2.58. The third kappa shape index (κ3) is 3.82. The van der Waals surface area contributed by atoms with Gasteiger partial charge in [-0.3, -0.25) is 4.68 Å². The van der Waals surface area contributed by atoms with Crippen molar-refractivity contribution < 1.29 is 17.2 Å². The van der Waals surface area contributed by atoms with E-state index in [0.29, 0.717) is 18.7 Å². The molecule has 1 aliphatic rings. The van der Waals surface area contributed by atoms with E-state index >= 15 is 0 Å². The molecule has 0 fully saturated rings. The lowest BCUT2D eigenvalue weighted by atomic mass is 10.0. The molecule has 1 atom stereocenters. The number of hydrogen-bond donors (Lipinski definition) is 0. The van der Waals surface area contributed by atoms with Gasteiger partial charge in [0.25, 0.3) is 0 Å². The molecule has 0 radical (unpaired) electrons. The lowest BCUT2D eigenvalue weighted by Gasteiger charge is -2.26. The van der Waals surface area contributed by atoms with Crippen molar-refractivity contribution in [3.63, 3.8) is 0 Å². The van der Waals surface area contributed by atoms with E-state index in [1.165, 1.54) is 34.8 Å². The van der Waals surface area contributed by atoms with E-state index in [1.54, 1.807) is 24.3 Å². The Morgan fingerprint density at radius 1 is 1.00 bits per heavy atom. The number of rotatable bonds is 4.